The maximum atomic E-state index is 10.5. The lowest BCUT2D eigenvalue weighted by Gasteiger charge is -1.99. The molecule has 0 heterocycles. The summed E-state index contributed by atoms with van der Waals surface area (Å²) in [7, 11) is 0. The molecule has 0 saturated carbocycles. The second-order valence-electron chi connectivity index (χ2n) is 2.22. The van der Waals surface area contributed by atoms with Gasteiger partial charge in [0.05, 0.1) is 10.6 Å². The van der Waals surface area contributed by atoms with Crippen LogP contribution in [0.15, 0.2) is 28.2 Å². The molecule has 0 atom stereocenters. The Balaban J connectivity index is 3.43. The third-order valence-electron chi connectivity index (χ3n) is 1.52. The molecule has 0 aromatic heterocycles. The molecule has 0 radical (unpaired) electrons. The molecule has 5 nitrogen and oxygen atoms in total. The first kappa shape index (κ1) is 9.05. The van der Waals surface area contributed by atoms with Crippen LogP contribution in [0.5, 0.6) is 0 Å². The molecule has 0 aliphatic carbocycles. The first-order valence-electron chi connectivity index (χ1n) is 3.41. The summed E-state index contributed by atoms with van der Waals surface area (Å²) in [6.45, 7) is 6.52. The number of hydrogen-bond donors (Lipinski definition) is 0. The Kier molecular flexibility index (Phi) is 2.49. The molecule has 5 heteroatoms. The van der Waals surface area contributed by atoms with E-state index in [0.717, 1.165) is 0 Å². The molecule has 0 saturated heterocycles. The van der Waals surface area contributed by atoms with Gasteiger partial charge in [0.1, 0.15) is 0 Å². The summed E-state index contributed by atoms with van der Waals surface area (Å²) in [5.41, 5.74) is 0.409. The number of nitro groups is 1. The second kappa shape index (κ2) is 3.57. The number of aliphatic imine (C=N–C) groups is 2. The molecule has 0 aliphatic heterocycles. The van der Waals surface area contributed by atoms with Crippen molar-refractivity contribution in [1.82, 2.24) is 0 Å². The van der Waals surface area contributed by atoms with E-state index >= 15 is 0 Å². The Morgan fingerprint density at radius 1 is 1.31 bits per heavy atom. The van der Waals surface area contributed by atoms with E-state index in [9.17, 15) is 10.1 Å². The fraction of sp³-hybridized carbons (Fsp3) is 0. The van der Waals surface area contributed by atoms with Gasteiger partial charge in [-0.2, -0.15) is 0 Å². The van der Waals surface area contributed by atoms with E-state index in [4.69, 9.17) is 0 Å². The third kappa shape index (κ3) is 1.58. The van der Waals surface area contributed by atoms with Crippen LogP contribution < -0.4 is 0 Å². The number of benzene rings is 1. The molecule has 0 amide bonds. The molecule has 1 rings (SSSR count). The fourth-order valence-corrected chi connectivity index (χ4v) is 0.956. The SMILES string of the molecule is C=Nc1cccc([N+](=O)[O-])c1N=C. The van der Waals surface area contributed by atoms with Crippen LogP contribution in [0.2, 0.25) is 0 Å². The molecule has 1 aromatic carbocycles. The molecular formula is C8H7N3O2. The van der Waals surface area contributed by atoms with E-state index < -0.39 is 4.92 Å². The standard InChI is InChI=1S/C8H7N3O2/c1-9-6-4-3-5-7(11(12)13)8(6)10-2/h3-5H,1-2H2. The summed E-state index contributed by atoms with van der Waals surface area (Å²) in [5.74, 6) is 0. The van der Waals surface area contributed by atoms with Crippen LogP contribution in [-0.4, -0.2) is 18.4 Å². The molecule has 0 spiro atoms. The van der Waals surface area contributed by atoms with Gasteiger partial charge in [-0.3, -0.25) is 20.1 Å². The Bertz CT molecular complexity index is 374. The predicted molar refractivity (Wildman–Crippen MR) is 51.5 cm³/mol. The minimum atomic E-state index is -0.529. The lowest BCUT2D eigenvalue weighted by atomic mass is 10.2. The highest BCUT2D eigenvalue weighted by Crippen LogP contribution is 2.35. The van der Waals surface area contributed by atoms with E-state index in [2.05, 4.69) is 23.4 Å². The Morgan fingerprint density at radius 2 is 2.00 bits per heavy atom. The quantitative estimate of drug-likeness (QED) is 0.403. The van der Waals surface area contributed by atoms with Gasteiger partial charge >= 0.3 is 0 Å². The number of hydrogen-bond acceptors (Lipinski definition) is 4. The van der Waals surface area contributed by atoms with Crippen LogP contribution in [0.3, 0.4) is 0 Å². The van der Waals surface area contributed by atoms with E-state index in [-0.39, 0.29) is 11.4 Å². The van der Waals surface area contributed by atoms with Crippen LogP contribution >= 0.6 is 0 Å². The number of rotatable bonds is 3. The minimum absolute atomic E-state index is 0.111. The van der Waals surface area contributed by atoms with Gasteiger partial charge in [-0.15, -0.1) is 0 Å². The van der Waals surface area contributed by atoms with Crippen LogP contribution in [0.4, 0.5) is 17.1 Å². The zero-order valence-corrected chi connectivity index (χ0v) is 6.80. The number of nitrogens with zero attached hydrogens (tertiary/aromatic N) is 3. The summed E-state index contributed by atoms with van der Waals surface area (Å²) < 4.78 is 0. The number of nitro benzene ring substituents is 1. The van der Waals surface area contributed by atoms with Gasteiger partial charge in [0, 0.05) is 6.07 Å². The van der Waals surface area contributed by atoms with Gasteiger partial charge in [0.15, 0.2) is 5.69 Å². The van der Waals surface area contributed by atoms with Crippen molar-refractivity contribution in [2.45, 2.75) is 0 Å². The average molecular weight is 177 g/mol. The molecule has 1 aromatic rings. The Morgan fingerprint density at radius 3 is 2.46 bits per heavy atom. The van der Waals surface area contributed by atoms with E-state index in [1.807, 2.05) is 0 Å². The van der Waals surface area contributed by atoms with Crippen molar-refractivity contribution in [1.29, 1.82) is 0 Å². The van der Waals surface area contributed by atoms with Gasteiger partial charge in [0.2, 0.25) is 0 Å². The van der Waals surface area contributed by atoms with Crippen molar-refractivity contribution in [3.05, 3.63) is 28.3 Å². The second-order valence-corrected chi connectivity index (χ2v) is 2.22. The van der Waals surface area contributed by atoms with E-state index in [1.165, 1.54) is 12.1 Å². The summed E-state index contributed by atoms with van der Waals surface area (Å²) in [6.07, 6.45) is 0. The molecule has 0 unspecified atom stereocenters. The maximum Gasteiger partial charge on any atom is 0.297 e. The zero-order valence-electron chi connectivity index (χ0n) is 6.80. The van der Waals surface area contributed by atoms with Crippen molar-refractivity contribution in [3.63, 3.8) is 0 Å². The van der Waals surface area contributed by atoms with Crippen LogP contribution in [0.1, 0.15) is 0 Å². The summed E-state index contributed by atoms with van der Waals surface area (Å²) in [6, 6.07) is 4.46. The monoisotopic (exact) mass is 177 g/mol. The van der Waals surface area contributed by atoms with Gasteiger partial charge in [-0.05, 0) is 19.5 Å². The smallest absolute Gasteiger partial charge is 0.262 e. The summed E-state index contributed by atoms with van der Waals surface area (Å²) in [4.78, 5) is 17.1. The molecule has 66 valence electrons. The molecule has 13 heavy (non-hydrogen) atoms. The normalized spacial score (nSPS) is 9.23. The number of para-hydroxylation sites is 1. The third-order valence-corrected chi connectivity index (χ3v) is 1.52. The Hall–Kier alpha value is -2.04. The summed E-state index contributed by atoms with van der Waals surface area (Å²) in [5, 5.41) is 10.5. The van der Waals surface area contributed by atoms with Crippen molar-refractivity contribution in [3.8, 4) is 0 Å². The average Bonchev–Trinajstić information content (AvgIpc) is 2.16. The molecule has 0 N–H and O–H groups in total. The van der Waals surface area contributed by atoms with Gasteiger partial charge in [-0.25, -0.2) is 0 Å². The van der Waals surface area contributed by atoms with Gasteiger partial charge < -0.3 is 0 Å². The highest BCUT2D eigenvalue weighted by Gasteiger charge is 2.14. The Labute approximate surface area is 74.6 Å². The lowest BCUT2D eigenvalue weighted by molar-refractivity contribution is -0.384. The molecule has 0 fully saturated rings. The maximum absolute atomic E-state index is 10.5. The predicted octanol–water partition coefficient (Wildman–Crippen LogP) is 2.26. The van der Waals surface area contributed by atoms with Crippen molar-refractivity contribution in [2.75, 3.05) is 0 Å². The highest BCUT2D eigenvalue weighted by molar-refractivity contribution is 5.75. The van der Waals surface area contributed by atoms with E-state index in [0.29, 0.717) is 5.69 Å². The van der Waals surface area contributed by atoms with Crippen LogP contribution in [-0.2, 0) is 0 Å². The van der Waals surface area contributed by atoms with Crippen molar-refractivity contribution >= 4 is 30.5 Å². The van der Waals surface area contributed by atoms with Gasteiger partial charge in [-0.1, -0.05) is 6.07 Å². The summed E-state index contributed by atoms with van der Waals surface area (Å²) >= 11 is 0. The first-order chi connectivity index (χ1) is 6.20. The van der Waals surface area contributed by atoms with Crippen molar-refractivity contribution < 1.29 is 4.92 Å². The largest absolute Gasteiger partial charge is 0.297 e. The fourth-order valence-electron chi connectivity index (χ4n) is 0.956. The van der Waals surface area contributed by atoms with Gasteiger partial charge in [0.25, 0.3) is 5.69 Å². The molecular weight excluding hydrogens is 170 g/mol. The van der Waals surface area contributed by atoms with Crippen molar-refractivity contribution in [2.24, 2.45) is 9.98 Å². The van der Waals surface area contributed by atoms with Crippen LogP contribution in [0, 0.1) is 10.1 Å². The molecule has 0 bridgehead atoms. The van der Waals surface area contributed by atoms with E-state index in [1.54, 1.807) is 6.07 Å². The lowest BCUT2D eigenvalue weighted by Crippen LogP contribution is -1.87. The minimum Gasteiger partial charge on any atom is -0.262 e. The first-order valence-corrected chi connectivity index (χ1v) is 3.41. The van der Waals surface area contributed by atoms with Crippen LogP contribution in [0.25, 0.3) is 0 Å². The topological polar surface area (TPSA) is 67.9 Å². The highest BCUT2D eigenvalue weighted by atomic mass is 16.6. The zero-order chi connectivity index (χ0) is 9.84. The molecule has 0 aliphatic rings.